The zero-order valence-electron chi connectivity index (χ0n) is 21.4. The second-order valence-corrected chi connectivity index (χ2v) is 10.1. The number of carbonyl (C=O) groups excluding carboxylic acids is 2. The molecule has 0 saturated heterocycles. The van der Waals surface area contributed by atoms with Crippen molar-refractivity contribution in [3.63, 3.8) is 0 Å². The number of aliphatic hydroxyl groups excluding tert-OH is 1. The molecular formula is C29H39ClN2O3. The topological polar surface area (TPSA) is 78.4 Å². The number of aliphatic hydroxyl groups is 1. The number of allylic oxidation sites excluding steroid dienone is 6. The van der Waals surface area contributed by atoms with Crippen molar-refractivity contribution >= 4 is 23.4 Å². The van der Waals surface area contributed by atoms with Gasteiger partial charge in [0.1, 0.15) is 6.04 Å². The van der Waals surface area contributed by atoms with Gasteiger partial charge < -0.3 is 15.7 Å². The Labute approximate surface area is 215 Å². The second kappa shape index (κ2) is 15.9. The van der Waals surface area contributed by atoms with Crippen LogP contribution in [0.3, 0.4) is 0 Å². The van der Waals surface area contributed by atoms with Crippen LogP contribution in [0.15, 0.2) is 89.7 Å². The van der Waals surface area contributed by atoms with Crippen LogP contribution in [0.1, 0.15) is 53.0 Å². The smallest absolute Gasteiger partial charge is 0.247 e. The van der Waals surface area contributed by atoms with Crippen molar-refractivity contribution in [3.05, 3.63) is 95.2 Å². The van der Waals surface area contributed by atoms with Crippen LogP contribution < -0.4 is 10.6 Å². The molecule has 0 unspecified atom stereocenters. The molecule has 0 radical (unpaired) electrons. The zero-order chi connectivity index (χ0) is 26.3. The third-order valence-corrected chi connectivity index (χ3v) is 5.21. The number of carbonyl (C=O) groups is 2. The minimum Gasteiger partial charge on any atom is -0.392 e. The van der Waals surface area contributed by atoms with Gasteiger partial charge in [0.15, 0.2) is 0 Å². The summed E-state index contributed by atoms with van der Waals surface area (Å²) in [5, 5.41) is 16.0. The third-order valence-electron chi connectivity index (χ3n) is 5.06. The molecule has 0 spiro atoms. The molecule has 0 fully saturated rings. The van der Waals surface area contributed by atoms with Crippen LogP contribution in [0.5, 0.6) is 0 Å². The van der Waals surface area contributed by atoms with Crippen LogP contribution in [0.2, 0.25) is 0 Å². The Morgan fingerprint density at radius 3 is 2.31 bits per heavy atom. The summed E-state index contributed by atoms with van der Waals surface area (Å²) in [5.41, 5.74) is 1.85. The molecule has 1 aromatic rings. The predicted octanol–water partition coefficient (Wildman–Crippen LogP) is 5.73. The van der Waals surface area contributed by atoms with Gasteiger partial charge in [0.25, 0.3) is 0 Å². The molecule has 6 heteroatoms. The van der Waals surface area contributed by atoms with Gasteiger partial charge >= 0.3 is 0 Å². The summed E-state index contributed by atoms with van der Waals surface area (Å²) in [6.45, 7) is 9.42. The number of hydrogen-bond acceptors (Lipinski definition) is 3. The van der Waals surface area contributed by atoms with Gasteiger partial charge in [-0.25, -0.2) is 0 Å². The summed E-state index contributed by atoms with van der Waals surface area (Å²) in [6, 6.07) is 9.47. The molecule has 0 aliphatic carbocycles. The predicted molar refractivity (Wildman–Crippen MR) is 146 cm³/mol. The van der Waals surface area contributed by atoms with E-state index in [9.17, 15) is 14.7 Å². The fourth-order valence-electron chi connectivity index (χ4n) is 3.02. The highest BCUT2D eigenvalue weighted by molar-refractivity contribution is 6.29. The fraction of sp³-hybridized carbons (Fsp3) is 0.379. The molecule has 5 nitrogen and oxygen atoms in total. The van der Waals surface area contributed by atoms with E-state index in [1.807, 2.05) is 52.0 Å². The lowest BCUT2D eigenvalue weighted by Crippen LogP contribution is -2.52. The van der Waals surface area contributed by atoms with E-state index in [2.05, 4.69) is 28.8 Å². The molecule has 0 bridgehead atoms. The first kappa shape index (κ1) is 30.1. The Balaban J connectivity index is 2.58. The molecule has 190 valence electrons. The first-order valence-corrected chi connectivity index (χ1v) is 12.2. The van der Waals surface area contributed by atoms with Crippen molar-refractivity contribution in [1.29, 1.82) is 0 Å². The minimum atomic E-state index is -0.729. The maximum atomic E-state index is 12.7. The van der Waals surface area contributed by atoms with E-state index in [-0.39, 0.29) is 11.8 Å². The Hall–Kier alpha value is -2.89. The van der Waals surface area contributed by atoms with Gasteiger partial charge in [-0.2, -0.15) is 0 Å². The lowest BCUT2D eigenvalue weighted by Gasteiger charge is -2.29. The summed E-state index contributed by atoms with van der Waals surface area (Å²) in [7, 11) is 0. The fourth-order valence-corrected chi connectivity index (χ4v) is 3.11. The maximum absolute atomic E-state index is 12.7. The summed E-state index contributed by atoms with van der Waals surface area (Å²) in [6.07, 6.45) is 14.9. The quantitative estimate of drug-likeness (QED) is 0.254. The Kier molecular flexibility index (Phi) is 13.7. The van der Waals surface area contributed by atoms with Gasteiger partial charge in [-0.05, 0) is 50.3 Å². The number of hydrogen-bond donors (Lipinski definition) is 3. The van der Waals surface area contributed by atoms with Crippen molar-refractivity contribution in [1.82, 2.24) is 10.6 Å². The average molecular weight is 499 g/mol. The lowest BCUT2D eigenvalue weighted by molar-refractivity contribution is -0.129. The van der Waals surface area contributed by atoms with E-state index >= 15 is 0 Å². The number of rotatable bonds is 12. The van der Waals surface area contributed by atoms with E-state index in [0.717, 1.165) is 12.0 Å². The summed E-state index contributed by atoms with van der Waals surface area (Å²) in [5.74, 6) is -0.671. The highest BCUT2D eigenvalue weighted by Gasteiger charge is 2.31. The maximum Gasteiger partial charge on any atom is 0.247 e. The van der Waals surface area contributed by atoms with Crippen LogP contribution >= 0.6 is 11.6 Å². The SMILES string of the molecule is C/C(Cl)=C\C[C@H](O)C/C=C\NC(=O)[C@@H](NC(=O)\C=C/C=C\C(C)=C\Cc1ccccc1)C(C)(C)C. The molecule has 1 rings (SSSR count). The zero-order valence-corrected chi connectivity index (χ0v) is 22.2. The highest BCUT2D eigenvalue weighted by atomic mass is 35.5. The standard InChI is InChI=1S/C29H39ClN2O3/c1-22(17-19-24-13-7-6-8-14-24)12-9-10-16-26(34)32-27(29(3,4)5)28(35)31-21-11-15-25(33)20-18-23(2)30/h6-14,16-18,21,25,27,33H,15,19-20H2,1-5H3,(H,31,35)(H,32,34)/b12-9-,16-10-,21-11-,22-17+,23-18+/t25-,27-/m1/s1. The third kappa shape index (κ3) is 14.2. The molecular weight excluding hydrogens is 460 g/mol. The summed E-state index contributed by atoms with van der Waals surface area (Å²) >= 11 is 5.76. The molecule has 3 N–H and O–H groups in total. The molecule has 1 aromatic carbocycles. The van der Waals surface area contributed by atoms with Crippen LogP contribution in [0.25, 0.3) is 0 Å². The Morgan fingerprint density at radius 2 is 1.69 bits per heavy atom. The second-order valence-electron chi connectivity index (χ2n) is 9.49. The normalized spacial score (nSPS) is 15.1. The van der Waals surface area contributed by atoms with Crippen LogP contribution in [-0.4, -0.2) is 29.1 Å². The van der Waals surface area contributed by atoms with Crippen LogP contribution in [0.4, 0.5) is 0 Å². The van der Waals surface area contributed by atoms with Gasteiger partial charge in [0.05, 0.1) is 6.10 Å². The number of nitrogens with one attached hydrogen (secondary N) is 2. The largest absolute Gasteiger partial charge is 0.392 e. The summed E-state index contributed by atoms with van der Waals surface area (Å²) in [4.78, 5) is 25.1. The van der Waals surface area contributed by atoms with E-state index < -0.39 is 17.6 Å². The molecule has 35 heavy (non-hydrogen) atoms. The van der Waals surface area contributed by atoms with Crippen molar-refractivity contribution in [2.75, 3.05) is 0 Å². The highest BCUT2D eigenvalue weighted by Crippen LogP contribution is 2.19. The van der Waals surface area contributed by atoms with Gasteiger partial charge in [-0.3, -0.25) is 9.59 Å². The number of benzene rings is 1. The Bertz CT molecular complexity index is 950. The van der Waals surface area contributed by atoms with Crippen molar-refractivity contribution < 1.29 is 14.7 Å². The van der Waals surface area contributed by atoms with Gasteiger partial charge in [-0.1, -0.05) is 105 Å². The molecule has 0 aliphatic rings. The Morgan fingerprint density at radius 1 is 1.03 bits per heavy atom. The van der Waals surface area contributed by atoms with Crippen molar-refractivity contribution in [2.24, 2.45) is 5.41 Å². The summed E-state index contributed by atoms with van der Waals surface area (Å²) < 4.78 is 0. The first-order chi connectivity index (χ1) is 16.5. The number of halogens is 1. The molecule has 0 aliphatic heterocycles. The molecule has 0 heterocycles. The van der Waals surface area contributed by atoms with Crippen molar-refractivity contribution in [2.45, 2.75) is 66.0 Å². The van der Waals surface area contributed by atoms with E-state index in [1.165, 1.54) is 17.8 Å². The van der Waals surface area contributed by atoms with Gasteiger partial charge in [-0.15, -0.1) is 0 Å². The van der Waals surface area contributed by atoms with E-state index in [0.29, 0.717) is 17.9 Å². The van der Waals surface area contributed by atoms with Crippen LogP contribution in [0, 0.1) is 5.41 Å². The van der Waals surface area contributed by atoms with Gasteiger partial charge in [0, 0.05) is 11.1 Å². The van der Waals surface area contributed by atoms with Gasteiger partial charge in [0.2, 0.25) is 11.8 Å². The van der Waals surface area contributed by atoms with Crippen LogP contribution in [-0.2, 0) is 16.0 Å². The van der Waals surface area contributed by atoms with E-state index in [1.54, 1.807) is 31.2 Å². The average Bonchev–Trinajstić information content (AvgIpc) is 2.80. The molecule has 2 amide bonds. The molecule has 2 atom stereocenters. The number of amides is 2. The molecule has 0 saturated carbocycles. The molecule has 0 aromatic heterocycles. The lowest BCUT2D eigenvalue weighted by atomic mass is 9.86. The monoisotopic (exact) mass is 498 g/mol. The van der Waals surface area contributed by atoms with Crippen molar-refractivity contribution in [3.8, 4) is 0 Å². The van der Waals surface area contributed by atoms with E-state index in [4.69, 9.17) is 11.6 Å². The minimum absolute atomic E-state index is 0.322. The first-order valence-electron chi connectivity index (χ1n) is 11.8.